The van der Waals surface area contributed by atoms with E-state index in [4.69, 9.17) is 4.74 Å². The Kier molecular flexibility index (Phi) is 7.29. The van der Waals surface area contributed by atoms with Crippen LogP contribution in [0.3, 0.4) is 0 Å². The number of ether oxygens (including phenoxy) is 1. The molecule has 3 aliphatic carbocycles. The molecule has 2 fully saturated rings. The van der Waals surface area contributed by atoms with Crippen molar-refractivity contribution >= 4 is 0 Å². The highest BCUT2D eigenvalue weighted by Crippen LogP contribution is 2.47. The smallest absolute Gasteiger partial charge is 0.0651 e. The maximum Gasteiger partial charge on any atom is 0.0651 e. The van der Waals surface area contributed by atoms with Crippen molar-refractivity contribution in [1.82, 2.24) is 0 Å². The molecule has 0 bridgehead atoms. The molecule has 0 aromatic heterocycles. The molecule has 1 aromatic rings. The fourth-order valence-electron chi connectivity index (χ4n) is 6.41. The van der Waals surface area contributed by atoms with E-state index >= 15 is 0 Å². The molecule has 4 rings (SSSR count). The van der Waals surface area contributed by atoms with Crippen LogP contribution in [0.5, 0.6) is 0 Å². The summed E-state index contributed by atoms with van der Waals surface area (Å²) in [4.78, 5) is 0. The summed E-state index contributed by atoms with van der Waals surface area (Å²) in [7, 11) is 0. The Morgan fingerprint density at radius 3 is 2.59 bits per heavy atom. The van der Waals surface area contributed by atoms with E-state index in [9.17, 15) is 0 Å². The second kappa shape index (κ2) is 10.1. The molecular weight excluding hydrogens is 352 g/mol. The third kappa shape index (κ3) is 5.23. The summed E-state index contributed by atoms with van der Waals surface area (Å²) in [5.41, 5.74) is 4.78. The van der Waals surface area contributed by atoms with E-state index in [-0.39, 0.29) is 0 Å². The lowest BCUT2D eigenvalue weighted by Crippen LogP contribution is -2.37. The van der Waals surface area contributed by atoms with Crippen molar-refractivity contribution in [3.8, 4) is 0 Å². The maximum absolute atomic E-state index is 6.10. The Balaban J connectivity index is 1.30. The molecule has 0 N–H and O–H groups in total. The zero-order valence-corrected chi connectivity index (χ0v) is 18.5. The fourth-order valence-corrected chi connectivity index (χ4v) is 6.41. The van der Waals surface area contributed by atoms with Crippen LogP contribution in [0.25, 0.3) is 0 Å². The van der Waals surface area contributed by atoms with Crippen LogP contribution >= 0.6 is 0 Å². The van der Waals surface area contributed by atoms with E-state index in [1.165, 1.54) is 63.4 Å². The SMILES string of the molecule is C=CCCc1ccc2c(c1)CCC(C1CCC3CC(OCC=CC)CCC3C1)C2. The highest BCUT2D eigenvalue weighted by atomic mass is 16.5. The molecule has 0 radical (unpaired) electrons. The number of fused-ring (bicyclic) bond motifs is 2. The van der Waals surface area contributed by atoms with Crippen molar-refractivity contribution < 1.29 is 4.74 Å². The van der Waals surface area contributed by atoms with Gasteiger partial charge in [-0.05, 0) is 118 Å². The molecular formula is C28H40O. The zero-order chi connectivity index (χ0) is 20.1. The summed E-state index contributed by atoms with van der Waals surface area (Å²) < 4.78 is 6.10. The van der Waals surface area contributed by atoms with Crippen LogP contribution in [0, 0.1) is 23.7 Å². The lowest BCUT2D eigenvalue weighted by Gasteiger charge is -2.45. The maximum atomic E-state index is 6.10. The zero-order valence-electron chi connectivity index (χ0n) is 18.5. The Morgan fingerprint density at radius 2 is 1.76 bits per heavy atom. The molecule has 0 heterocycles. The van der Waals surface area contributed by atoms with E-state index in [1.807, 2.05) is 6.08 Å². The van der Waals surface area contributed by atoms with Crippen molar-refractivity contribution in [3.05, 3.63) is 59.7 Å². The second-order valence-corrected chi connectivity index (χ2v) is 9.86. The van der Waals surface area contributed by atoms with Crippen LogP contribution in [-0.4, -0.2) is 12.7 Å². The first kappa shape index (κ1) is 20.9. The monoisotopic (exact) mass is 392 g/mol. The van der Waals surface area contributed by atoms with Gasteiger partial charge in [-0.2, -0.15) is 0 Å². The Bertz CT molecular complexity index is 702. The van der Waals surface area contributed by atoms with E-state index in [2.05, 4.69) is 43.9 Å². The van der Waals surface area contributed by atoms with Gasteiger partial charge in [0.05, 0.1) is 12.7 Å². The first-order valence-electron chi connectivity index (χ1n) is 12.2. The van der Waals surface area contributed by atoms with Crippen molar-refractivity contribution in [2.45, 2.75) is 83.7 Å². The van der Waals surface area contributed by atoms with Crippen LogP contribution in [-0.2, 0) is 24.0 Å². The van der Waals surface area contributed by atoms with Gasteiger partial charge in [0.1, 0.15) is 0 Å². The molecule has 0 amide bonds. The van der Waals surface area contributed by atoms with Gasteiger partial charge in [-0.3, -0.25) is 0 Å². The van der Waals surface area contributed by atoms with Crippen LogP contribution in [0.1, 0.15) is 75.0 Å². The quantitative estimate of drug-likeness (QED) is 0.450. The summed E-state index contributed by atoms with van der Waals surface area (Å²) in [5, 5.41) is 0. The lowest BCUT2D eigenvalue weighted by atomic mass is 9.62. The van der Waals surface area contributed by atoms with Gasteiger partial charge in [0.15, 0.2) is 0 Å². The van der Waals surface area contributed by atoms with E-state index in [0.717, 1.165) is 43.1 Å². The number of hydrogen-bond acceptors (Lipinski definition) is 1. The largest absolute Gasteiger partial charge is 0.374 e. The molecule has 1 aromatic carbocycles. The number of benzene rings is 1. The van der Waals surface area contributed by atoms with E-state index in [1.54, 1.807) is 11.1 Å². The number of allylic oxidation sites excluding steroid dienone is 2. The molecule has 0 spiro atoms. The molecule has 29 heavy (non-hydrogen) atoms. The molecule has 0 saturated heterocycles. The molecule has 158 valence electrons. The van der Waals surface area contributed by atoms with Crippen LogP contribution in [0.15, 0.2) is 43.0 Å². The van der Waals surface area contributed by atoms with Gasteiger partial charge in [-0.25, -0.2) is 0 Å². The summed E-state index contributed by atoms with van der Waals surface area (Å²) in [5.74, 6) is 3.79. The summed E-state index contributed by atoms with van der Waals surface area (Å²) in [6.45, 7) is 6.74. The molecule has 5 atom stereocenters. The van der Waals surface area contributed by atoms with Gasteiger partial charge in [0.2, 0.25) is 0 Å². The van der Waals surface area contributed by atoms with E-state index < -0.39 is 0 Å². The van der Waals surface area contributed by atoms with Crippen LogP contribution < -0.4 is 0 Å². The lowest BCUT2D eigenvalue weighted by molar-refractivity contribution is -0.0138. The van der Waals surface area contributed by atoms with Crippen LogP contribution in [0.2, 0.25) is 0 Å². The normalized spacial score (nSPS) is 32.0. The average Bonchev–Trinajstić information content (AvgIpc) is 2.77. The minimum atomic E-state index is 0.515. The third-order valence-electron chi connectivity index (χ3n) is 8.11. The Hall–Kier alpha value is -1.34. The Labute approximate surface area is 178 Å². The van der Waals surface area contributed by atoms with Gasteiger partial charge in [0.25, 0.3) is 0 Å². The molecule has 5 unspecified atom stereocenters. The topological polar surface area (TPSA) is 9.23 Å². The van der Waals surface area contributed by atoms with Gasteiger partial charge in [0, 0.05) is 0 Å². The average molecular weight is 393 g/mol. The van der Waals surface area contributed by atoms with Crippen LogP contribution in [0.4, 0.5) is 0 Å². The molecule has 2 saturated carbocycles. The highest BCUT2D eigenvalue weighted by Gasteiger charge is 2.38. The molecule has 1 heteroatoms. The highest BCUT2D eigenvalue weighted by molar-refractivity contribution is 5.34. The summed E-state index contributed by atoms with van der Waals surface area (Å²) in [6.07, 6.45) is 21.5. The summed E-state index contributed by atoms with van der Waals surface area (Å²) >= 11 is 0. The van der Waals surface area contributed by atoms with Crippen molar-refractivity contribution in [1.29, 1.82) is 0 Å². The predicted octanol–water partition coefficient (Wildman–Crippen LogP) is 7.09. The molecule has 0 aliphatic heterocycles. The van der Waals surface area contributed by atoms with Crippen molar-refractivity contribution in [2.75, 3.05) is 6.61 Å². The first-order chi connectivity index (χ1) is 14.3. The minimum Gasteiger partial charge on any atom is -0.374 e. The number of hydrogen-bond donors (Lipinski definition) is 0. The standard InChI is InChI=1S/C28H40O/c1-3-5-7-21-8-9-23-18-24(11-10-22(23)17-21)25-12-13-27-20-28(29-16-6-4-2)15-14-26(27)19-25/h3-4,6,8-9,17,24-28H,1,5,7,10-16,18-20H2,2H3. The van der Waals surface area contributed by atoms with Gasteiger partial charge in [-0.15, -0.1) is 6.58 Å². The van der Waals surface area contributed by atoms with E-state index in [0.29, 0.717) is 6.10 Å². The molecule has 3 aliphatic rings. The fraction of sp³-hybridized carbons (Fsp3) is 0.643. The minimum absolute atomic E-state index is 0.515. The Morgan fingerprint density at radius 1 is 0.966 bits per heavy atom. The predicted molar refractivity (Wildman–Crippen MR) is 123 cm³/mol. The number of rotatable bonds is 7. The third-order valence-corrected chi connectivity index (χ3v) is 8.11. The van der Waals surface area contributed by atoms with Gasteiger partial charge < -0.3 is 4.74 Å². The second-order valence-electron chi connectivity index (χ2n) is 9.86. The van der Waals surface area contributed by atoms with Gasteiger partial charge in [-0.1, -0.05) is 36.4 Å². The summed E-state index contributed by atoms with van der Waals surface area (Å²) in [6, 6.07) is 7.30. The van der Waals surface area contributed by atoms with Crippen molar-refractivity contribution in [2.24, 2.45) is 23.7 Å². The van der Waals surface area contributed by atoms with Crippen molar-refractivity contribution in [3.63, 3.8) is 0 Å². The number of aryl methyl sites for hydroxylation is 2. The first-order valence-corrected chi connectivity index (χ1v) is 12.2. The molecule has 1 nitrogen and oxygen atoms in total. The van der Waals surface area contributed by atoms with Gasteiger partial charge >= 0.3 is 0 Å².